The highest BCUT2D eigenvalue weighted by Gasteiger charge is 2.39. The van der Waals surface area contributed by atoms with E-state index in [1.807, 2.05) is 0 Å². The van der Waals surface area contributed by atoms with E-state index in [9.17, 15) is 5.11 Å². The fourth-order valence-corrected chi connectivity index (χ4v) is 3.44. The molecule has 19 heavy (non-hydrogen) atoms. The molecule has 114 valence electrons. The summed E-state index contributed by atoms with van der Waals surface area (Å²) in [5.41, 5.74) is 5.18. The molecule has 0 aromatic heterocycles. The van der Waals surface area contributed by atoms with Crippen LogP contribution >= 0.6 is 0 Å². The number of hydrogen-bond donors (Lipinski definition) is 2. The SMILES string of the molecule is CCC(CC)CN(CC)CCC1CCCC1(O)CN. The second kappa shape index (κ2) is 8.23. The first kappa shape index (κ1) is 16.9. The maximum Gasteiger partial charge on any atom is 0.0797 e. The Labute approximate surface area is 119 Å². The number of nitrogens with two attached hydrogens (primary N) is 1. The minimum Gasteiger partial charge on any atom is -0.388 e. The monoisotopic (exact) mass is 270 g/mol. The smallest absolute Gasteiger partial charge is 0.0797 e. The van der Waals surface area contributed by atoms with E-state index in [2.05, 4.69) is 25.7 Å². The Bertz CT molecular complexity index is 243. The minimum atomic E-state index is -0.575. The molecule has 1 rings (SSSR count). The highest BCUT2D eigenvalue weighted by atomic mass is 16.3. The van der Waals surface area contributed by atoms with Crippen molar-refractivity contribution in [3.05, 3.63) is 0 Å². The summed E-state index contributed by atoms with van der Waals surface area (Å²) >= 11 is 0. The van der Waals surface area contributed by atoms with Crippen molar-refractivity contribution in [2.24, 2.45) is 17.6 Å². The van der Waals surface area contributed by atoms with E-state index in [-0.39, 0.29) is 0 Å². The quantitative estimate of drug-likeness (QED) is 0.677. The first-order chi connectivity index (χ1) is 9.09. The van der Waals surface area contributed by atoms with Gasteiger partial charge < -0.3 is 15.7 Å². The van der Waals surface area contributed by atoms with Gasteiger partial charge in [0.1, 0.15) is 0 Å². The van der Waals surface area contributed by atoms with Crippen LogP contribution < -0.4 is 5.73 Å². The fourth-order valence-electron chi connectivity index (χ4n) is 3.44. The van der Waals surface area contributed by atoms with Crippen molar-refractivity contribution in [3.63, 3.8) is 0 Å². The van der Waals surface area contributed by atoms with Crippen molar-refractivity contribution in [1.82, 2.24) is 4.90 Å². The zero-order valence-electron chi connectivity index (χ0n) is 13.2. The van der Waals surface area contributed by atoms with Crippen LogP contribution in [0.15, 0.2) is 0 Å². The van der Waals surface area contributed by atoms with Gasteiger partial charge in [-0.2, -0.15) is 0 Å². The van der Waals surface area contributed by atoms with Gasteiger partial charge in [0.2, 0.25) is 0 Å². The number of hydrogen-bond acceptors (Lipinski definition) is 3. The van der Waals surface area contributed by atoms with E-state index in [0.717, 1.165) is 44.7 Å². The van der Waals surface area contributed by atoms with E-state index in [1.165, 1.54) is 19.4 Å². The molecule has 1 fully saturated rings. The van der Waals surface area contributed by atoms with Crippen LogP contribution in [0.25, 0.3) is 0 Å². The van der Waals surface area contributed by atoms with E-state index < -0.39 is 5.60 Å². The maximum atomic E-state index is 10.5. The largest absolute Gasteiger partial charge is 0.388 e. The first-order valence-electron chi connectivity index (χ1n) is 8.24. The summed E-state index contributed by atoms with van der Waals surface area (Å²) in [4.78, 5) is 2.55. The summed E-state index contributed by atoms with van der Waals surface area (Å²) < 4.78 is 0. The molecule has 0 heterocycles. The molecule has 1 aliphatic rings. The van der Waals surface area contributed by atoms with Crippen molar-refractivity contribution in [2.75, 3.05) is 26.2 Å². The topological polar surface area (TPSA) is 49.5 Å². The van der Waals surface area contributed by atoms with Gasteiger partial charge >= 0.3 is 0 Å². The van der Waals surface area contributed by atoms with Gasteiger partial charge in [-0.05, 0) is 44.2 Å². The lowest BCUT2D eigenvalue weighted by molar-refractivity contribution is 0.00421. The molecule has 0 aromatic rings. The van der Waals surface area contributed by atoms with Gasteiger partial charge in [-0.25, -0.2) is 0 Å². The molecule has 1 aliphatic carbocycles. The van der Waals surface area contributed by atoms with Crippen molar-refractivity contribution in [2.45, 2.75) is 64.9 Å². The molecule has 0 bridgehead atoms. The van der Waals surface area contributed by atoms with Crippen molar-refractivity contribution >= 4 is 0 Å². The van der Waals surface area contributed by atoms with Gasteiger partial charge in [-0.1, -0.05) is 40.0 Å². The number of aliphatic hydroxyl groups is 1. The second-order valence-corrected chi connectivity index (χ2v) is 6.26. The van der Waals surface area contributed by atoms with Crippen molar-refractivity contribution in [3.8, 4) is 0 Å². The van der Waals surface area contributed by atoms with Crippen molar-refractivity contribution < 1.29 is 5.11 Å². The summed E-state index contributed by atoms with van der Waals surface area (Å²) in [7, 11) is 0. The van der Waals surface area contributed by atoms with Gasteiger partial charge in [0.05, 0.1) is 5.60 Å². The Hall–Kier alpha value is -0.120. The van der Waals surface area contributed by atoms with Gasteiger partial charge in [-0.3, -0.25) is 0 Å². The molecule has 3 N–H and O–H groups in total. The lowest BCUT2D eigenvalue weighted by Crippen LogP contribution is -2.42. The third-order valence-corrected chi connectivity index (χ3v) is 5.19. The molecule has 0 amide bonds. The molecule has 3 nitrogen and oxygen atoms in total. The molecule has 1 saturated carbocycles. The molecule has 0 spiro atoms. The van der Waals surface area contributed by atoms with Crippen LogP contribution in [-0.4, -0.2) is 41.8 Å². The van der Waals surface area contributed by atoms with E-state index in [0.29, 0.717) is 12.5 Å². The van der Waals surface area contributed by atoms with Crippen LogP contribution in [0.4, 0.5) is 0 Å². The van der Waals surface area contributed by atoms with E-state index in [4.69, 9.17) is 5.73 Å². The summed E-state index contributed by atoms with van der Waals surface area (Å²) in [5.74, 6) is 1.23. The summed E-state index contributed by atoms with van der Waals surface area (Å²) in [6, 6.07) is 0. The van der Waals surface area contributed by atoms with Crippen LogP contribution in [0.1, 0.15) is 59.3 Å². The van der Waals surface area contributed by atoms with Crippen molar-refractivity contribution in [1.29, 1.82) is 0 Å². The van der Waals surface area contributed by atoms with E-state index >= 15 is 0 Å². The summed E-state index contributed by atoms with van der Waals surface area (Å²) in [6.07, 6.45) is 6.81. The molecular weight excluding hydrogens is 236 g/mol. The molecule has 0 radical (unpaired) electrons. The van der Waals surface area contributed by atoms with Gasteiger partial charge in [-0.15, -0.1) is 0 Å². The molecular formula is C16H34N2O. The zero-order chi connectivity index (χ0) is 14.3. The van der Waals surface area contributed by atoms with Crippen LogP contribution in [0.3, 0.4) is 0 Å². The zero-order valence-corrected chi connectivity index (χ0v) is 13.2. The maximum absolute atomic E-state index is 10.5. The van der Waals surface area contributed by atoms with Gasteiger partial charge in [0.15, 0.2) is 0 Å². The second-order valence-electron chi connectivity index (χ2n) is 6.26. The highest BCUT2D eigenvalue weighted by Crippen LogP contribution is 2.37. The third-order valence-electron chi connectivity index (χ3n) is 5.19. The Balaban J connectivity index is 2.40. The Morgan fingerprint density at radius 1 is 1.32 bits per heavy atom. The van der Waals surface area contributed by atoms with Gasteiger partial charge in [0, 0.05) is 13.1 Å². The Morgan fingerprint density at radius 3 is 2.53 bits per heavy atom. The number of nitrogens with zero attached hydrogens (tertiary/aromatic N) is 1. The standard InChI is InChI=1S/C16H34N2O/c1-4-14(5-2)12-18(6-3)11-9-15-8-7-10-16(15,19)13-17/h14-15,19H,4-13,17H2,1-3H3. The fraction of sp³-hybridized carbons (Fsp3) is 1.00. The summed E-state index contributed by atoms with van der Waals surface area (Å²) in [5, 5.41) is 10.5. The normalized spacial score (nSPS) is 27.6. The average molecular weight is 270 g/mol. The lowest BCUT2D eigenvalue weighted by Gasteiger charge is -2.31. The van der Waals surface area contributed by atoms with Crippen LogP contribution in [0.5, 0.6) is 0 Å². The predicted octanol–water partition coefficient (Wildman–Crippen LogP) is 2.62. The molecule has 2 unspecified atom stereocenters. The molecule has 0 aromatic carbocycles. The van der Waals surface area contributed by atoms with Crippen LogP contribution in [0.2, 0.25) is 0 Å². The molecule has 2 atom stereocenters. The Kier molecular flexibility index (Phi) is 7.33. The molecule has 3 heteroatoms. The van der Waals surface area contributed by atoms with Crippen LogP contribution in [-0.2, 0) is 0 Å². The predicted molar refractivity (Wildman–Crippen MR) is 82.1 cm³/mol. The average Bonchev–Trinajstić information content (AvgIpc) is 2.81. The summed E-state index contributed by atoms with van der Waals surface area (Å²) in [6.45, 7) is 10.7. The van der Waals surface area contributed by atoms with Crippen LogP contribution in [0, 0.1) is 11.8 Å². The Morgan fingerprint density at radius 2 is 2.00 bits per heavy atom. The molecule has 0 saturated heterocycles. The molecule has 0 aliphatic heterocycles. The first-order valence-corrected chi connectivity index (χ1v) is 8.24. The van der Waals surface area contributed by atoms with E-state index in [1.54, 1.807) is 0 Å². The number of rotatable bonds is 9. The lowest BCUT2D eigenvalue weighted by atomic mass is 9.88. The highest BCUT2D eigenvalue weighted by molar-refractivity contribution is 4.93. The minimum absolute atomic E-state index is 0.410. The third kappa shape index (κ3) is 4.73. The van der Waals surface area contributed by atoms with Gasteiger partial charge in [0.25, 0.3) is 0 Å².